The van der Waals surface area contributed by atoms with Crippen molar-refractivity contribution in [2.75, 3.05) is 6.54 Å². The number of piperidine rings is 1. The molecule has 0 bridgehead atoms. The van der Waals surface area contributed by atoms with Crippen LogP contribution in [0.1, 0.15) is 40.0 Å². The Labute approximate surface area is 100.0 Å². The van der Waals surface area contributed by atoms with Gasteiger partial charge in [-0.25, -0.2) is 0 Å². The fraction of sp³-hybridized carbons (Fsp3) is 0.909. The predicted molar refractivity (Wildman–Crippen MR) is 64.0 cm³/mol. The Balaban J connectivity index is 2.58. The average molecular weight is 278 g/mol. The van der Waals surface area contributed by atoms with E-state index in [2.05, 4.69) is 15.9 Å². The lowest BCUT2D eigenvalue weighted by molar-refractivity contribution is -0.135. The summed E-state index contributed by atoms with van der Waals surface area (Å²) in [6, 6.07) is 0.109. The van der Waals surface area contributed by atoms with Crippen LogP contribution in [0.2, 0.25) is 0 Å². The number of alkyl halides is 1. The molecule has 0 spiro atoms. The first-order valence-electron chi connectivity index (χ1n) is 5.48. The van der Waals surface area contributed by atoms with Crippen molar-refractivity contribution in [3.8, 4) is 0 Å². The first kappa shape index (κ1) is 13.0. The second kappa shape index (κ2) is 4.83. The summed E-state index contributed by atoms with van der Waals surface area (Å²) in [6.07, 6.45) is 2.58. The summed E-state index contributed by atoms with van der Waals surface area (Å²) in [5.41, 5.74) is -0.709. The Kier molecular flexibility index (Phi) is 4.18. The molecule has 1 aliphatic heterocycles. The summed E-state index contributed by atoms with van der Waals surface area (Å²) in [4.78, 5) is 13.7. The highest BCUT2D eigenvalue weighted by Gasteiger charge is 2.31. The van der Waals surface area contributed by atoms with E-state index in [-0.39, 0.29) is 16.8 Å². The van der Waals surface area contributed by atoms with Gasteiger partial charge in [0, 0.05) is 12.6 Å². The molecule has 2 atom stereocenters. The van der Waals surface area contributed by atoms with Crippen molar-refractivity contribution in [2.24, 2.45) is 0 Å². The van der Waals surface area contributed by atoms with Crippen LogP contribution in [0, 0.1) is 0 Å². The summed E-state index contributed by atoms with van der Waals surface area (Å²) < 4.78 is 0. The van der Waals surface area contributed by atoms with Crippen LogP contribution >= 0.6 is 15.9 Å². The molecular formula is C11H20BrNO2. The fourth-order valence-electron chi connectivity index (χ4n) is 2.13. The Morgan fingerprint density at radius 3 is 2.80 bits per heavy atom. The minimum atomic E-state index is -0.709. The van der Waals surface area contributed by atoms with Crippen molar-refractivity contribution in [1.82, 2.24) is 4.90 Å². The molecule has 0 aromatic rings. The van der Waals surface area contributed by atoms with Gasteiger partial charge in [-0.1, -0.05) is 15.9 Å². The maximum Gasteiger partial charge on any atom is 0.236 e. The third-order valence-corrected chi connectivity index (χ3v) is 3.58. The van der Waals surface area contributed by atoms with Crippen molar-refractivity contribution >= 4 is 21.8 Å². The second-order valence-corrected chi connectivity index (χ2v) is 6.11. The van der Waals surface area contributed by atoms with Crippen LogP contribution in [-0.4, -0.2) is 38.9 Å². The summed E-state index contributed by atoms with van der Waals surface area (Å²) in [6.45, 7) is 6.38. The molecule has 1 fully saturated rings. The van der Waals surface area contributed by atoms with Gasteiger partial charge in [-0.05, 0) is 40.0 Å². The van der Waals surface area contributed by atoms with Crippen LogP contribution in [-0.2, 0) is 4.79 Å². The topological polar surface area (TPSA) is 40.5 Å². The molecule has 0 radical (unpaired) electrons. The van der Waals surface area contributed by atoms with Crippen molar-refractivity contribution < 1.29 is 9.90 Å². The maximum absolute atomic E-state index is 11.9. The van der Waals surface area contributed by atoms with Gasteiger partial charge in [0.15, 0.2) is 0 Å². The Hall–Kier alpha value is -0.0900. The number of rotatable bonds is 3. The molecule has 1 amide bonds. The van der Waals surface area contributed by atoms with E-state index < -0.39 is 5.60 Å². The monoisotopic (exact) mass is 277 g/mol. The molecule has 0 aromatic heterocycles. The van der Waals surface area contributed by atoms with E-state index in [1.165, 1.54) is 0 Å². The molecule has 2 unspecified atom stereocenters. The van der Waals surface area contributed by atoms with E-state index in [4.69, 9.17) is 0 Å². The lowest BCUT2D eigenvalue weighted by Gasteiger charge is -2.37. The van der Waals surface area contributed by atoms with Crippen molar-refractivity contribution in [3.05, 3.63) is 0 Å². The normalized spacial score (nSPS) is 25.5. The number of carbonyl (C=O) groups is 1. The number of aliphatic hydroxyl groups is 1. The Morgan fingerprint density at radius 1 is 1.67 bits per heavy atom. The predicted octanol–water partition coefficient (Wildman–Crippen LogP) is 1.92. The standard InChI is InChI=1S/C11H20BrNO2/c1-8(7-11(2,3)15)13-6-4-5-9(12)10(13)14/h8-9,15H,4-7H2,1-3H3. The highest BCUT2D eigenvalue weighted by molar-refractivity contribution is 9.10. The number of nitrogens with zero attached hydrogens (tertiary/aromatic N) is 1. The molecule has 0 aromatic carbocycles. The van der Waals surface area contributed by atoms with Gasteiger partial charge >= 0.3 is 0 Å². The fourth-order valence-corrected chi connectivity index (χ4v) is 2.71. The first-order chi connectivity index (χ1) is 6.81. The Morgan fingerprint density at radius 2 is 2.27 bits per heavy atom. The molecule has 1 aliphatic rings. The molecule has 0 aliphatic carbocycles. The third kappa shape index (κ3) is 3.76. The molecule has 1 saturated heterocycles. The molecule has 3 nitrogen and oxygen atoms in total. The van der Waals surface area contributed by atoms with Gasteiger partial charge in [-0.3, -0.25) is 4.79 Å². The van der Waals surface area contributed by atoms with Gasteiger partial charge in [0.1, 0.15) is 0 Å². The lowest BCUT2D eigenvalue weighted by atomic mass is 9.97. The van der Waals surface area contributed by atoms with Crippen molar-refractivity contribution in [2.45, 2.75) is 56.5 Å². The van der Waals surface area contributed by atoms with Gasteiger partial charge in [-0.15, -0.1) is 0 Å². The molecule has 1 rings (SSSR count). The zero-order valence-corrected chi connectivity index (χ0v) is 11.2. The highest BCUT2D eigenvalue weighted by atomic mass is 79.9. The summed E-state index contributed by atoms with van der Waals surface area (Å²) in [7, 11) is 0. The third-order valence-electron chi connectivity index (χ3n) is 2.73. The number of hydrogen-bond acceptors (Lipinski definition) is 2. The minimum absolute atomic E-state index is 0.0319. The van der Waals surface area contributed by atoms with Crippen LogP contribution < -0.4 is 0 Å². The smallest absolute Gasteiger partial charge is 0.236 e. The average Bonchev–Trinajstić information content (AvgIpc) is 2.06. The number of carbonyl (C=O) groups excluding carboxylic acids is 1. The number of likely N-dealkylation sites (tertiary alicyclic amines) is 1. The summed E-state index contributed by atoms with van der Waals surface area (Å²) in [5, 5.41) is 9.72. The van der Waals surface area contributed by atoms with Crippen molar-refractivity contribution in [1.29, 1.82) is 0 Å². The maximum atomic E-state index is 11.9. The number of hydrogen-bond donors (Lipinski definition) is 1. The second-order valence-electron chi connectivity index (χ2n) is 5.01. The molecule has 0 saturated carbocycles. The summed E-state index contributed by atoms with van der Waals surface area (Å²) in [5.74, 6) is 0.165. The molecule has 1 N–H and O–H groups in total. The molecular weight excluding hydrogens is 258 g/mol. The van der Waals surface area contributed by atoms with Gasteiger partial charge < -0.3 is 10.0 Å². The lowest BCUT2D eigenvalue weighted by Crippen LogP contribution is -2.48. The van der Waals surface area contributed by atoms with Gasteiger partial charge in [0.2, 0.25) is 5.91 Å². The molecule has 88 valence electrons. The van der Waals surface area contributed by atoms with Crippen LogP contribution in [0.15, 0.2) is 0 Å². The van der Waals surface area contributed by atoms with E-state index in [0.29, 0.717) is 6.42 Å². The quantitative estimate of drug-likeness (QED) is 0.801. The van der Waals surface area contributed by atoms with Gasteiger partial charge in [-0.2, -0.15) is 0 Å². The summed E-state index contributed by atoms with van der Waals surface area (Å²) >= 11 is 3.39. The zero-order valence-electron chi connectivity index (χ0n) is 9.66. The first-order valence-corrected chi connectivity index (χ1v) is 6.40. The van der Waals surface area contributed by atoms with E-state index in [1.807, 2.05) is 11.8 Å². The number of halogens is 1. The van der Waals surface area contributed by atoms with Gasteiger partial charge in [0.05, 0.1) is 10.4 Å². The van der Waals surface area contributed by atoms with E-state index in [9.17, 15) is 9.90 Å². The zero-order chi connectivity index (χ0) is 11.6. The van der Waals surface area contributed by atoms with E-state index in [1.54, 1.807) is 13.8 Å². The SMILES string of the molecule is CC(CC(C)(C)O)N1CCCC(Br)C1=O. The molecule has 4 heteroatoms. The van der Waals surface area contributed by atoms with Crippen LogP contribution in [0.3, 0.4) is 0 Å². The number of amides is 1. The highest BCUT2D eigenvalue weighted by Crippen LogP contribution is 2.23. The van der Waals surface area contributed by atoms with Crippen LogP contribution in [0.5, 0.6) is 0 Å². The van der Waals surface area contributed by atoms with E-state index >= 15 is 0 Å². The van der Waals surface area contributed by atoms with Crippen LogP contribution in [0.4, 0.5) is 0 Å². The van der Waals surface area contributed by atoms with E-state index in [0.717, 1.165) is 19.4 Å². The Bertz CT molecular complexity index is 237. The largest absolute Gasteiger partial charge is 0.390 e. The van der Waals surface area contributed by atoms with Crippen LogP contribution in [0.25, 0.3) is 0 Å². The molecule has 1 heterocycles. The van der Waals surface area contributed by atoms with Gasteiger partial charge in [0.25, 0.3) is 0 Å². The minimum Gasteiger partial charge on any atom is -0.390 e. The van der Waals surface area contributed by atoms with Crippen molar-refractivity contribution in [3.63, 3.8) is 0 Å². The molecule has 15 heavy (non-hydrogen) atoms.